The summed E-state index contributed by atoms with van der Waals surface area (Å²) < 4.78 is 26.8. The van der Waals surface area contributed by atoms with Gasteiger partial charge in [-0.25, -0.2) is 19.2 Å². The summed E-state index contributed by atoms with van der Waals surface area (Å²) in [5.74, 6) is 5.61. The Morgan fingerprint density at radius 3 is 2.90 bits per heavy atom. The van der Waals surface area contributed by atoms with Crippen LogP contribution in [0.15, 0.2) is 23.2 Å². The van der Waals surface area contributed by atoms with Crippen molar-refractivity contribution in [2.45, 2.75) is 24.3 Å². The fourth-order valence-electron chi connectivity index (χ4n) is 2.38. The SMILES string of the molecule is CCC1CN(S(=O)(=O)c2ccnc(NN)c2)CCN1C. The minimum atomic E-state index is -3.49. The second-order valence-electron chi connectivity index (χ2n) is 4.93. The van der Waals surface area contributed by atoms with E-state index in [1.54, 1.807) is 0 Å². The molecule has 0 saturated carbocycles. The van der Waals surface area contributed by atoms with Crippen molar-refractivity contribution in [1.29, 1.82) is 0 Å². The van der Waals surface area contributed by atoms with Crippen LogP contribution in [-0.2, 0) is 10.0 Å². The van der Waals surface area contributed by atoms with Crippen molar-refractivity contribution in [2.24, 2.45) is 5.84 Å². The van der Waals surface area contributed by atoms with Gasteiger partial charge < -0.3 is 10.3 Å². The second kappa shape index (κ2) is 6.04. The van der Waals surface area contributed by atoms with E-state index in [0.717, 1.165) is 13.0 Å². The largest absolute Gasteiger partial charge is 0.308 e. The first kappa shape index (κ1) is 15.2. The maximum Gasteiger partial charge on any atom is 0.243 e. The first-order valence-electron chi connectivity index (χ1n) is 6.62. The molecule has 3 N–H and O–H groups in total. The van der Waals surface area contributed by atoms with Crippen LogP contribution in [0.4, 0.5) is 5.82 Å². The van der Waals surface area contributed by atoms with Gasteiger partial charge in [-0.05, 0) is 19.5 Å². The number of nitrogens with one attached hydrogen (secondary N) is 1. The maximum absolute atomic E-state index is 12.6. The number of hydrogen-bond donors (Lipinski definition) is 2. The first-order chi connectivity index (χ1) is 9.48. The average Bonchev–Trinajstić information content (AvgIpc) is 2.47. The fourth-order valence-corrected chi connectivity index (χ4v) is 3.86. The van der Waals surface area contributed by atoms with Crippen LogP contribution in [0.3, 0.4) is 0 Å². The van der Waals surface area contributed by atoms with Gasteiger partial charge in [-0.15, -0.1) is 0 Å². The molecule has 8 heteroatoms. The number of piperazine rings is 1. The highest BCUT2D eigenvalue weighted by Crippen LogP contribution is 2.21. The molecule has 1 aliphatic heterocycles. The van der Waals surface area contributed by atoms with Crippen molar-refractivity contribution in [1.82, 2.24) is 14.2 Å². The summed E-state index contributed by atoms with van der Waals surface area (Å²) in [4.78, 5) is 6.35. The minimum Gasteiger partial charge on any atom is -0.308 e. The first-order valence-corrected chi connectivity index (χ1v) is 8.06. The molecule has 112 valence electrons. The van der Waals surface area contributed by atoms with E-state index in [1.165, 1.54) is 22.6 Å². The van der Waals surface area contributed by atoms with E-state index in [-0.39, 0.29) is 10.9 Å². The summed E-state index contributed by atoms with van der Waals surface area (Å²) in [5, 5.41) is 0. The molecule has 2 heterocycles. The molecule has 0 radical (unpaired) electrons. The molecule has 1 unspecified atom stereocenters. The van der Waals surface area contributed by atoms with Gasteiger partial charge in [-0.3, -0.25) is 0 Å². The van der Waals surface area contributed by atoms with E-state index in [9.17, 15) is 8.42 Å². The van der Waals surface area contributed by atoms with E-state index in [2.05, 4.69) is 22.2 Å². The van der Waals surface area contributed by atoms with Crippen LogP contribution < -0.4 is 11.3 Å². The number of likely N-dealkylation sites (N-methyl/N-ethyl adjacent to an activating group) is 1. The highest BCUT2D eigenvalue weighted by molar-refractivity contribution is 7.89. The summed E-state index contributed by atoms with van der Waals surface area (Å²) in [5.41, 5.74) is 2.37. The van der Waals surface area contributed by atoms with E-state index in [1.807, 2.05) is 7.05 Å². The number of anilines is 1. The van der Waals surface area contributed by atoms with Gasteiger partial charge in [0.25, 0.3) is 0 Å². The summed E-state index contributed by atoms with van der Waals surface area (Å²) in [7, 11) is -1.46. The highest BCUT2D eigenvalue weighted by atomic mass is 32.2. The molecule has 1 saturated heterocycles. The smallest absolute Gasteiger partial charge is 0.243 e. The normalized spacial score (nSPS) is 21.9. The van der Waals surface area contributed by atoms with Gasteiger partial charge in [0.15, 0.2) is 0 Å². The second-order valence-corrected chi connectivity index (χ2v) is 6.86. The summed E-state index contributed by atoms with van der Waals surface area (Å²) in [6, 6.07) is 3.21. The van der Waals surface area contributed by atoms with Crippen molar-refractivity contribution >= 4 is 15.8 Å². The van der Waals surface area contributed by atoms with Crippen LogP contribution in [0.25, 0.3) is 0 Å². The van der Waals surface area contributed by atoms with Crippen LogP contribution in [0.2, 0.25) is 0 Å². The average molecular weight is 299 g/mol. The van der Waals surface area contributed by atoms with E-state index in [0.29, 0.717) is 18.9 Å². The van der Waals surface area contributed by atoms with Gasteiger partial charge in [0, 0.05) is 37.9 Å². The van der Waals surface area contributed by atoms with E-state index in [4.69, 9.17) is 5.84 Å². The quantitative estimate of drug-likeness (QED) is 0.604. The molecule has 0 aliphatic carbocycles. The number of nitrogens with two attached hydrogens (primary N) is 1. The van der Waals surface area contributed by atoms with Gasteiger partial charge in [0.1, 0.15) is 5.82 Å². The van der Waals surface area contributed by atoms with Gasteiger partial charge in [0.2, 0.25) is 10.0 Å². The Kier molecular flexibility index (Phi) is 4.59. The number of aromatic nitrogens is 1. The summed E-state index contributed by atoms with van der Waals surface area (Å²) in [6.45, 7) is 3.83. The Morgan fingerprint density at radius 2 is 2.25 bits per heavy atom. The minimum absolute atomic E-state index is 0.222. The number of hydrazine groups is 1. The molecular formula is C12H21N5O2S. The molecule has 0 amide bonds. The molecule has 7 nitrogen and oxygen atoms in total. The van der Waals surface area contributed by atoms with Crippen LogP contribution in [-0.4, -0.2) is 55.3 Å². The number of pyridine rings is 1. The predicted octanol–water partition coefficient (Wildman–Crippen LogP) is 0.0819. The standard InChI is InChI=1S/C12H21N5O2S/c1-3-10-9-17(7-6-16(10)2)20(18,19)11-4-5-14-12(8-11)15-13/h4-5,8,10H,3,6-7,9,13H2,1-2H3,(H,14,15). The van der Waals surface area contributed by atoms with Gasteiger partial charge in [-0.1, -0.05) is 6.92 Å². The third-order valence-electron chi connectivity index (χ3n) is 3.73. The van der Waals surface area contributed by atoms with Crippen LogP contribution in [0.5, 0.6) is 0 Å². The molecule has 1 aromatic rings. The Morgan fingerprint density at radius 1 is 1.50 bits per heavy atom. The van der Waals surface area contributed by atoms with Gasteiger partial charge >= 0.3 is 0 Å². The molecule has 1 aromatic heterocycles. The number of nitrogens with zero attached hydrogens (tertiary/aromatic N) is 3. The number of hydrogen-bond acceptors (Lipinski definition) is 6. The van der Waals surface area contributed by atoms with Crippen molar-refractivity contribution < 1.29 is 8.42 Å². The number of sulfonamides is 1. The Labute approximate surface area is 119 Å². The summed E-state index contributed by atoms with van der Waals surface area (Å²) in [6.07, 6.45) is 2.37. The lowest BCUT2D eigenvalue weighted by Crippen LogP contribution is -2.52. The molecule has 20 heavy (non-hydrogen) atoms. The van der Waals surface area contributed by atoms with Crippen molar-refractivity contribution in [3.63, 3.8) is 0 Å². The lowest BCUT2D eigenvalue weighted by atomic mass is 10.1. The molecule has 1 aliphatic rings. The van der Waals surface area contributed by atoms with Crippen molar-refractivity contribution in [3.8, 4) is 0 Å². The van der Waals surface area contributed by atoms with Crippen LogP contribution in [0, 0.1) is 0 Å². The highest BCUT2D eigenvalue weighted by Gasteiger charge is 2.32. The zero-order chi connectivity index (χ0) is 14.8. The Hall–Kier alpha value is -1.22. The zero-order valence-corrected chi connectivity index (χ0v) is 12.6. The third-order valence-corrected chi connectivity index (χ3v) is 5.59. The molecule has 0 bridgehead atoms. The molecular weight excluding hydrogens is 278 g/mol. The fraction of sp³-hybridized carbons (Fsp3) is 0.583. The monoisotopic (exact) mass is 299 g/mol. The molecule has 0 aromatic carbocycles. The predicted molar refractivity (Wildman–Crippen MR) is 77.5 cm³/mol. The number of rotatable bonds is 4. The van der Waals surface area contributed by atoms with E-state index < -0.39 is 10.0 Å². The lowest BCUT2D eigenvalue weighted by Gasteiger charge is -2.38. The van der Waals surface area contributed by atoms with E-state index >= 15 is 0 Å². The molecule has 0 spiro atoms. The molecule has 1 fully saturated rings. The summed E-state index contributed by atoms with van der Waals surface area (Å²) >= 11 is 0. The van der Waals surface area contributed by atoms with Gasteiger partial charge in [-0.2, -0.15) is 4.31 Å². The lowest BCUT2D eigenvalue weighted by molar-refractivity contribution is 0.144. The molecule has 1 atom stereocenters. The van der Waals surface area contributed by atoms with Crippen molar-refractivity contribution in [3.05, 3.63) is 18.3 Å². The van der Waals surface area contributed by atoms with Crippen molar-refractivity contribution in [2.75, 3.05) is 32.1 Å². The maximum atomic E-state index is 12.6. The van der Waals surface area contributed by atoms with Gasteiger partial charge in [0.05, 0.1) is 4.90 Å². The molecule has 2 rings (SSSR count). The third kappa shape index (κ3) is 2.93. The Balaban J connectivity index is 2.25. The zero-order valence-electron chi connectivity index (χ0n) is 11.8. The van der Waals surface area contributed by atoms with Crippen LogP contribution in [0.1, 0.15) is 13.3 Å². The number of nitrogen functional groups attached to an aromatic ring is 1. The van der Waals surface area contributed by atoms with Crippen LogP contribution >= 0.6 is 0 Å². The topological polar surface area (TPSA) is 91.6 Å². The Bertz CT molecular complexity index is 563.